The van der Waals surface area contributed by atoms with Gasteiger partial charge in [-0.15, -0.1) is 0 Å². The van der Waals surface area contributed by atoms with Gasteiger partial charge in [-0.2, -0.15) is 13.2 Å². The Kier molecular flexibility index (Phi) is 3.36. The third kappa shape index (κ3) is 2.62. The van der Waals surface area contributed by atoms with Crippen LogP contribution in [0.25, 0.3) is 0 Å². The summed E-state index contributed by atoms with van der Waals surface area (Å²) in [5.74, 6) is -0.0451. The number of benzene rings is 1. The molecule has 0 bridgehead atoms. The van der Waals surface area contributed by atoms with Crippen molar-refractivity contribution in [3.63, 3.8) is 0 Å². The van der Waals surface area contributed by atoms with Crippen LogP contribution in [0, 0.1) is 16.0 Å². The van der Waals surface area contributed by atoms with Crippen LogP contribution < -0.4 is 4.90 Å². The van der Waals surface area contributed by atoms with Crippen LogP contribution in [-0.4, -0.2) is 29.7 Å². The van der Waals surface area contributed by atoms with Crippen molar-refractivity contribution in [2.24, 2.45) is 5.92 Å². The molecule has 104 valence electrons. The van der Waals surface area contributed by atoms with Crippen LogP contribution in [-0.2, 0) is 6.18 Å². The Morgan fingerprint density at radius 1 is 1.42 bits per heavy atom. The molecule has 1 saturated heterocycles. The van der Waals surface area contributed by atoms with E-state index in [9.17, 15) is 23.3 Å². The zero-order valence-corrected chi connectivity index (χ0v) is 9.72. The molecule has 1 aromatic rings. The number of nitro benzene ring substituents is 1. The minimum Gasteiger partial charge on any atom is -0.396 e. The lowest BCUT2D eigenvalue weighted by molar-refractivity contribution is -0.385. The van der Waals surface area contributed by atoms with Crippen LogP contribution in [0.5, 0.6) is 0 Å². The van der Waals surface area contributed by atoms with E-state index < -0.39 is 22.4 Å². The van der Waals surface area contributed by atoms with E-state index in [0.717, 1.165) is 12.1 Å². The van der Waals surface area contributed by atoms with Gasteiger partial charge in [0.2, 0.25) is 0 Å². The average Bonchev–Trinajstić information content (AvgIpc) is 2.26. The molecule has 1 aromatic carbocycles. The summed E-state index contributed by atoms with van der Waals surface area (Å²) < 4.78 is 38.7. The minimum atomic E-state index is -4.65. The number of halogens is 3. The standard InChI is InChI=1S/C11H11F3N2O3/c12-11(13,14)9-3-8(16(18)19)1-2-10(9)15-4-7(5-15)6-17/h1-3,7,17H,4-6H2. The summed E-state index contributed by atoms with van der Waals surface area (Å²) >= 11 is 0. The van der Waals surface area contributed by atoms with Gasteiger partial charge < -0.3 is 10.0 Å². The quantitative estimate of drug-likeness (QED) is 0.677. The number of alkyl halides is 3. The Balaban J connectivity index is 2.35. The Morgan fingerprint density at radius 3 is 2.53 bits per heavy atom. The van der Waals surface area contributed by atoms with Gasteiger partial charge >= 0.3 is 6.18 Å². The molecule has 8 heteroatoms. The van der Waals surface area contributed by atoms with E-state index in [1.807, 2.05) is 0 Å². The highest BCUT2D eigenvalue weighted by Gasteiger charge is 2.39. The van der Waals surface area contributed by atoms with Gasteiger partial charge in [-0.25, -0.2) is 0 Å². The van der Waals surface area contributed by atoms with Crippen molar-refractivity contribution in [3.8, 4) is 0 Å². The molecule has 0 saturated carbocycles. The average molecular weight is 276 g/mol. The molecule has 5 nitrogen and oxygen atoms in total. The van der Waals surface area contributed by atoms with E-state index in [2.05, 4.69) is 0 Å². The zero-order valence-electron chi connectivity index (χ0n) is 9.72. The molecular formula is C11H11F3N2O3. The van der Waals surface area contributed by atoms with Crippen LogP contribution >= 0.6 is 0 Å². The first-order valence-corrected chi connectivity index (χ1v) is 5.54. The van der Waals surface area contributed by atoms with Crippen molar-refractivity contribution in [3.05, 3.63) is 33.9 Å². The van der Waals surface area contributed by atoms with Gasteiger partial charge in [0.25, 0.3) is 5.69 Å². The summed E-state index contributed by atoms with van der Waals surface area (Å²) in [5.41, 5.74) is -1.68. The van der Waals surface area contributed by atoms with Crippen LogP contribution in [0.1, 0.15) is 5.56 Å². The van der Waals surface area contributed by atoms with Crippen molar-refractivity contribution >= 4 is 11.4 Å². The largest absolute Gasteiger partial charge is 0.418 e. The highest BCUT2D eigenvalue weighted by atomic mass is 19.4. The molecular weight excluding hydrogens is 265 g/mol. The van der Waals surface area contributed by atoms with E-state index in [0.29, 0.717) is 19.2 Å². The number of nitro groups is 1. The molecule has 0 atom stereocenters. The predicted molar refractivity (Wildman–Crippen MR) is 60.9 cm³/mol. The van der Waals surface area contributed by atoms with E-state index >= 15 is 0 Å². The highest BCUT2D eigenvalue weighted by molar-refractivity contribution is 5.60. The van der Waals surface area contributed by atoms with Gasteiger partial charge in [-0.05, 0) is 6.07 Å². The number of anilines is 1. The molecule has 2 rings (SSSR count). The second kappa shape index (κ2) is 4.69. The molecule has 1 aliphatic heterocycles. The molecule has 0 radical (unpaired) electrons. The monoisotopic (exact) mass is 276 g/mol. The summed E-state index contributed by atoms with van der Waals surface area (Å²) in [6.07, 6.45) is -4.65. The Hall–Kier alpha value is -1.83. The van der Waals surface area contributed by atoms with Crippen molar-refractivity contribution < 1.29 is 23.2 Å². The van der Waals surface area contributed by atoms with Gasteiger partial charge in [-0.3, -0.25) is 10.1 Å². The van der Waals surface area contributed by atoms with E-state index in [4.69, 9.17) is 5.11 Å². The van der Waals surface area contributed by atoms with Crippen LogP contribution in [0.3, 0.4) is 0 Å². The topological polar surface area (TPSA) is 66.6 Å². The molecule has 19 heavy (non-hydrogen) atoms. The lowest BCUT2D eigenvalue weighted by atomic mass is 9.98. The molecule has 1 heterocycles. The minimum absolute atomic E-state index is 0.0451. The van der Waals surface area contributed by atoms with Gasteiger partial charge in [0, 0.05) is 43.4 Å². The first kappa shape index (κ1) is 13.6. The molecule has 0 unspecified atom stereocenters. The number of nitrogens with zero attached hydrogens (tertiary/aromatic N) is 2. The second-order valence-electron chi connectivity index (χ2n) is 4.41. The summed E-state index contributed by atoms with van der Waals surface area (Å²) in [6, 6.07) is 2.70. The maximum Gasteiger partial charge on any atom is 0.418 e. The fourth-order valence-electron chi connectivity index (χ4n) is 2.02. The number of hydrogen-bond acceptors (Lipinski definition) is 4. The smallest absolute Gasteiger partial charge is 0.396 e. The van der Waals surface area contributed by atoms with E-state index in [1.165, 1.54) is 4.90 Å². The Labute approximate surface area is 106 Å². The van der Waals surface area contributed by atoms with Crippen LogP contribution in [0.2, 0.25) is 0 Å². The number of non-ortho nitro benzene ring substituents is 1. The predicted octanol–water partition coefficient (Wildman–Crippen LogP) is 2.04. The van der Waals surface area contributed by atoms with Crippen molar-refractivity contribution in [2.75, 3.05) is 24.6 Å². The lowest BCUT2D eigenvalue weighted by Gasteiger charge is -2.41. The molecule has 0 amide bonds. The van der Waals surface area contributed by atoms with Crippen LogP contribution in [0.15, 0.2) is 18.2 Å². The Bertz CT molecular complexity index is 498. The number of hydrogen-bond donors (Lipinski definition) is 1. The second-order valence-corrected chi connectivity index (χ2v) is 4.41. The summed E-state index contributed by atoms with van der Waals surface area (Å²) in [7, 11) is 0. The zero-order chi connectivity index (χ0) is 14.2. The third-order valence-corrected chi connectivity index (χ3v) is 3.05. The van der Waals surface area contributed by atoms with E-state index in [1.54, 1.807) is 0 Å². The van der Waals surface area contributed by atoms with Crippen molar-refractivity contribution in [2.45, 2.75) is 6.18 Å². The van der Waals surface area contributed by atoms with E-state index in [-0.39, 0.29) is 18.2 Å². The van der Waals surface area contributed by atoms with Gasteiger partial charge in [-0.1, -0.05) is 0 Å². The summed E-state index contributed by atoms with van der Waals surface area (Å²) in [5, 5.41) is 19.4. The fourth-order valence-corrected chi connectivity index (χ4v) is 2.02. The van der Waals surface area contributed by atoms with Crippen molar-refractivity contribution in [1.29, 1.82) is 0 Å². The highest BCUT2D eigenvalue weighted by Crippen LogP contribution is 2.40. The van der Waals surface area contributed by atoms with Gasteiger partial charge in [0.15, 0.2) is 0 Å². The molecule has 1 fully saturated rings. The van der Waals surface area contributed by atoms with Gasteiger partial charge in [0.05, 0.1) is 10.5 Å². The SMILES string of the molecule is O=[N+]([O-])c1ccc(N2CC(CO)C2)c(C(F)(F)F)c1. The molecule has 1 N–H and O–H groups in total. The van der Waals surface area contributed by atoms with Gasteiger partial charge in [0.1, 0.15) is 0 Å². The normalized spacial score (nSPS) is 16.3. The first-order valence-electron chi connectivity index (χ1n) is 5.54. The molecule has 0 spiro atoms. The van der Waals surface area contributed by atoms with Crippen LogP contribution in [0.4, 0.5) is 24.5 Å². The van der Waals surface area contributed by atoms with Crippen molar-refractivity contribution in [1.82, 2.24) is 0 Å². The summed E-state index contributed by atoms with van der Waals surface area (Å²) in [6.45, 7) is 0.555. The molecule has 1 aliphatic rings. The lowest BCUT2D eigenvalue weighted by Crippen LogP contribution is -2.49. The first-order chi connectivity index (χ1) is 8.82. The number of aliphatic hydroxyl groups excluding tert-OH is 1. The number of rotatable bonds is 3. The maximum atomic E-state index is 12.9. The number of aliphatic hydroxyl groups is 1. The fraction of sp³-hybridized carbons (Fsp3) is 0.455. The molecule has 0 aliphatic carbocycles. The summed E-state index contributed by atoms with van der Waals surface area (Å²) in [4.78, 5) is 11.1. The third-order valence-electron chi connectivity index (χ3n) is 3.05. The Morgan fingerprint density at radius 2 is 2.05 bits per heavy atom. The molecule has 0 aromatic heterocycles. The maximum absolute atomic E-state index is 12.9.